The van der Waals surface area contributed by atoms with Gasteiger partial charge in [-0.1, -0.05) is 6.92 Å². The van der Waals surface area contributed by atoms with Gasteiger partial charge in [-0.3, -0.25) is 0 Å². The molecule has 15 heavy (non-hydrogen) atoms. The number of hydrogen-bond donors (Lipinski definition) is 2. The molecular weight excluding hydrogens is 190 g/mol. The summed E-state index contributed by atoms with van der Waals surface area (Å²) in [7, 11) is 0. The topological polar surface area (TPSA) is 58.0 Å². The highest BCUT2D eigenvalue weighted by molar-refractivity contribution is 5.00. The van der Waals surface area contributed by atoms with Crippen LogP contribution >= 0.6 is 0 Å². The van der Waals surface area contributed by atoms with Crippen molar-refractivity contribution in [1.82, 2.24) is 15.3 Å². The molecule has 0 aliphatic carbocycles. The van der Waals surface area contributed by atoms with E-state index in [9.17, 15) is 0 Å². The summed E-state index contributed by atoms with van der Waals surface area (Å²) in [4.78, 5) is 8.33. The highest BCUT2D eigenvalue weighted by Crippen LogP contribution is 1.99. The quantitative estimate of drug-likeness (QED) is 0.730. The minimum Gasteiger partial charge on any atom is -0.396 e. The second-order valence-electron chi connectivity index (χ2n) is 3.84. The van der Waals surface area contributed by atoms with Crippen LogP contribution in [0.4, 0.5) is 0 Å². The van der Waals surface area contributed by atoms with Gasteiger partial charge in [-0.2, -0.15) is 0 Å². The van der Waals surface area contributed by atoms with Gasteiger partial charge in [-0.15, -0.1) is 0 Å². The van der Waals surface area contributed by atoms with Crippen LogP contribution in [0.3, 0.4) is 0 Å². The molecule has 0 aliphatic rings. The number of aromatic nitrogens is 2. The molecule has 1 unspecified atom stereocenters. The predicted octanol–water partition coefficient (Wildman–Crippen LogP) is 0.893. The molecule has 0 aromatic carbocycles. The van der Waals surface area contributed by atoms with Crippen molar-refractivity contribution in [2.45, 2.75) is 26.8 Å². The largest absolute Gasteiger partial charge is 0.396 e. The zero-order valence-corrected chi connectivity index (χ0v) is 9.40. The van der Waals surface area contributed by atoms with Crippen LogP contribution < -0.4 is 5.32 Å². The van der Waals surface area contributed by atoms with E-state index in [4.69, 9.17) is 5.11 Å². The third-order valence-electron chi connectivity index (χ3n) is 2.25. The standard InChI is InChI=1S/C11H19N3O/c1-9(4-6-15)7-12-8-11-3-5-13-10(2)14-11/h3,5,9,12,15H,4,6-8H2,1-2H3. The first-order valence-electron chi connectivity index (χ1n) is 5.32. The van der Waals surface area contributed by atoms with Crippen LogP contribution in [-0.2, 0) is 6.54 Å². The average molecular weight is 209 g/mol. The molecule has 1 atom stereocenters. The van der Waals surface area contributed by atoms with Gasteiger partial charge < -0.3 is 10.4 Å². The Morgan fingerprint density at radius 2 is 2.33 bits per heavy atom. The van der Waals surface area contributed by atoms with Gasteiger partial charge in [0.1, 0.15) is 5.82 Å². The van der Waals surface area contributed by atoms with Crippen LogP contribution in [0.25, 0.3) is 0 Å². The molecule has 1 rings (SSSR count). The summed E-state index contributed by atoms with van der Waals surface area (Å²) in [5, 5.41) is 12.1. The Kier molecular flexibility index (Phi) is 5.21. The van der Waals surface area contributed by atoms with Gasteiger partial charge in [0.15, 0.2) is 0 Å². The van der Waals surface area contributed by atoms with Gasteiger partial charge >= 0.3 is 0 Å². The smallest absolute Gasteiger partial charge is 0.125 e. The molecule has 1 aromatic rings. The second kappa shape index (κ2) is 6.48. The van der Waals surface area contributed by atoms with E-state index in [2.05, 4.69) is 22.2 Å². The van der Waals surface area contributed by atoms with Gasteiger partial charge in [0.2, 0.25) is 0 Å². The Hall–Kier alpha value is -1.00. The van der Waals surface area contributed by atoms with Gasteiger partial charge in [0, 0.05) is 19.3 Å². The van der Waals surface area contributed by atoms with E-state index in [-0.39, 0.29) is 6.61 Å². The number of nitrogens with one attached hydrogen (secondary N) is 1. The van der Waals surface area contributed by atoms with Crippen LogP contribution in [0.1, 0.15) is 24.9 Å². The highest BCUT2D eigenvalue weighted by Gasteiger charge is 2.01. The Labute approximate surface area is 90.8 Å². The maximum Gasteiger partial charge on any atom is 0.125 e. The van der Waals surface area contributed by atoms with E-state index in [1.165, 1.54) is 0 Å². The first-order chi connectivity index (χ1) is 7.22. The van der Waals surface area contributed by atoms with Crippen molar-refractivity contribution in [2.75, 3.05) is 13.2 Å². The van der Waals surface area contributed by atoms with Crippen molar-refractivity contribution >= 4 is 0 Å². The first-order valence-corrected chi connectivity index (χ1v) is 5.32. The lowest BCUT2D eigenvalue weighted by atomic mass is 10.1. The molecule has 0 spiro atoms. The average Bonchev–Trinajstić information content (AvgIpc) is 2.18. The fourth-order valence-corrected chi connectivity index (χ4v) is 1.37. The molecule has 0 saturated heterocycles. The SMILES string of the molecule is Cc1nccc(CNCC(C)CCO)n1. The molecule has 0 aliphatic heterocycles. The van der Waals surface area contributed by atoms with Crippen LogP contribution in [0, 0.1) is 12.8 Å². The molecule has 2 N–H and O–H groups in total. The number of aryl methyl sites for hydroxylation is 1. The van der Waals surface area contributed by atoms with E-state index < -0.39 is 0 Å². The Morgan fingerprint density at radius 1 is 1.53 bits per heavy atom. The van der Waals surface area contributed by atoms with Crippen molar-refractivity contribution in [1.29, 1.82) is 0 Å². The summed E-state index contributed by atoms with van der Waals surface area (Å²) in [6, 6.07) is 1.91. The highest BCUT2D eigenvalue weighted by atomic mass is 16.3. The zero-order valence-electron chi connectivity index (χ0n) is 9.40. The predicted molar refractivity (Wildman–Crippen MR) is 59.3 cm³/mol. The molecule has 0 bridgehead atoms. The molecule has 4 nitrogen and oxygen atoms in total. The Morgan fingerprint density at radius 3 is 3.00 bits per heavy atom. The molecule has 84 valence electrons. The lowest BCUT2D eigenvalue weighted by molar-refractivity contribution is 0.260. The molecule has 0 radical (unpaired) electrons. The van der Waals surface area contributed by atoms with Crippen molar-refractivity contribution in [3.8, 4) is 0 Å². The zero-order chi connectivity index (χ0) is 11.1. The Balaban J connectivity index is 2.25. The third kappa shape index (κ3) is 4.85. The molecule has 0 fully saturated rings. The number of hydrogen-bond acceptors (Lipinski definition) is 4. The number of aliphatic hydroxyl groups is 1. The van der Waals surface area contributed by atoms with Crippen LogP contribution in [0.5, 0.6) is 0 Å². The maximum atomic E-state index is 8.74. The van der Waals surface area contributed by atoms with Crippen molar-refractivity contribution in [3.05, 3.63) is 23.8 Å². The lowest BCUT2D eigenvalue weighted by Gasteiger charge is -2.10. The molecule has 0 amide bonds. The van der Waals surface area contributed by atoms with Crippen molar-refractivity contribution in [2.24, 2.45) is 5.92 Å². The molecule has 1 aromatic heterocycles. The van der Waals surface area contributed by atoms with E-state index in [0.717, 1.165) is 31.0 Å². The minimum atomic E-state index is 0.259. The van der Waals surface area contributed by atoms with E-state index in [1.807, 2.05) is 13.0 Å². The molecular formula is C11H19N3O. The number of rotatable bonds is 6. The van der Waals surface area contributed by atoms with Crippen molar-refractivity contribution in [3.63, 3.8) is 0 Å². The van der Waals surface area contributed by atoms with Gasteiger partial charge in [0.25, 0.3) is 0 Å². The van der Waals surface area contributed by atoms with E-state index in [1.54, 1.807) is 6.20 Å². The van der Waals surface area contributed by atoms with Crippen molar-refractivity contribution < 1.29 is 5.11 Å². The van der Waals surface area contributed by atoms with E-state index >= 15 is 0 Å². The summed E-state index contributed by atoms with van der Waals surface area (Å²) in [5.74, 6) is 1.30. The van der Waals surface area contributed by atoms with Crippen LogP contribution in [0.2, 0.25) is 0 Å². The van der Waals surface area contributed by atoms with E-state index in [0.29, 0.717) is 5.92 Å². The summed E-state index contributed by atoms with van der Waals surface area (Å²) >= 11 is 0. The summed E-state index contributed by atoms with van der Waals surface area (Å²) < 4.78 is 0. The molecule has 0 saturated carbocycles. The van der Waals surface area contributed by atoms with Gasteiger partial charge in [0.05, 0.1) is 5.69 Å². The number of aliphatic hydroxyl groups excluding tert-OH is 1. The summed E-state index contributed by atoms with van der Waals surface area (Å²) in [5.41, 5.74) is 1.01. The maximum absolute atomic E-state index is 8.74. The van der Waals surface area contributed by atoms with Crippen LogP contribution in [-0.4, -0.2) is 28.2 Å². The molecule has 1 heterocycles. The second-order valence-corrected chi connectivity index (χ2v) is 3.84. The fourth-order valence-electron chi connectivity index (χ4n) is 1.37. The molecule has 4 heteroatoms. The normalized spacial score (nSPS) is 12.7. The van der Waals surface area contributed by atoms with Crippen LogP contribution in [0.15, 0.2) is 12.3 Å². The third-order valence-corrected chi connectivity index (χ3v) is 2.25. The lowest BCUT2D eigenvalue weighted by Crippen LogP contribution is -2.22. The fraction of sp³-hybridized carbons (Fsp3) is 0.636. The minimum absolute atomic E-state index is 0.259. The van der Waals surface area contributed by atoms with Gasteiger partial charge in [-0.05, 0) is 31.9 Å². The van der Waals surface area contributed by atoms with Gasteiger partial charge in [-0.25, -0.2) is 9.97 Å². The number of nitrogens with zero attached hydrogens (tertiary/aromatic N) is 2. The summed E-state index contributed by atoms with van der Waals surface area (Å²) in [6.45, 7) is 5.94. The Bertz CT molecular complexity index is 291. The first kappa shape index (κ1) is 12.1. The monoisotopic (exact) mass is 209 g/mol. The summed E-state index contributed by atoms with van der Waals surface area (Å²) in [6.07, 6.45) is 2.62.